The van der Waals surface area contributed by atoms with E-state index in [4.69, 9.17) is 0 Å². The van der Waals surface area contributed by atoms with Crippen LogP contribution in [0.15, 0.2) is 53.8 Å². The number of benzene rings is 1. The van der Waals surface area contributed by atoms with Gasteiger partial charge >= 0.3 is 6.09 Å². The molecule has 0 fully saturated rings. The van der Waals surface area contributed by atoms with E-state index in [1.807, 2.05) is 30.3 Å². The molecule has 9 heteroatoms. The standard InChI is InChI=1S/C19H17N7O2/c1-12(22-24-19(27)28-2)15-7-8-17-18(21-15)26(25-23-17)11-13-5-6-16-14(10-13)4-3-9-20-16/h3-10H,11H2,1-2H3,(H,24,27)/b22-12+. The number of methoxy groups -OCH3 is 1. The monoisotopic (exact) mass is 375 g/mol. The molecule has 0 saturated heterocycles. The molecule has 0 aliphatic rings. The van der Waals surface area contributed by atoms with Crippen LogP contribution in [-0.2, 0) is 11.3 Å². The molecule has 0 spiro atoms. The summed E-state index contributed by atoms with van der Waals surface area (Å²) in [6, 6.07) is 13.6. The Morgan fingerprint density at radius 2 is 2.07 bits per heavy atom. The second kappa shape index (κ2) is 7.39. The molecule has 0 saturated carbocycles. The molecule has 0 aliphatic carbocycles. The fourth-order valence-electron chi connectivity index (χ4n) is 2.79. The zero-order valence-electron chi connectivity index (χ0n) is 15.3. The van der Waals surface area contributed by atoms with Crippen LogP contribution in [0.5, 0.6) is 0 Å². The number of ether oxygens (including phenoxy) is 1. The topological polar surface area (TPSA) is 107 Å². The SMILES string of the molecule is COC(=O)N/N=C(\C)c1ccc2nnn(Cc3ccc4ncccc4c3)c2n1. The van der Waals surface area contributed by atoms with Gasteiger partial charge in [0.1, 0.15) is 5.52 Å². The molecule has 1 amide bonds. The highest BCUT2D eigenvalue weighted by Gasteiger charge is 2.10. The fourth-order valence-corrected chi connectivity index (χ4v) is 2.79. The van der Waals surface area contributed by atoms with Crippen molar-refractivity contribution < 1.29 is 9.53 Å². The van der Waals surface area contributed by atoms with Crippen LogP contribution in [0.2, 0.25) is 0 Å². The Balaban J connectivity index is 1.64. The summed E-state index contributed by atoms with van der Waals surface area (Å²) in [5, 5.41) is 13.4. The number of carbonyl (C=O) groups excluding carboxylic acids is 1. The van der Waals surface area contributed by atoms with Crippen LogP contribution in [0.1, 0.15) is 18.2 Å². The number of carbonyl (C=O) groups is 1. The van der Waals surface area contributed by atoms with Gasteiger partial charge in [-0.25, -0.2) is 19.9 Å². The number of nitrogens with one attached hydrogen (secondary N) is 1. The van der Waals surface area contributed by atoms with E-state index in [1.54, 1.807) is 23.9 Å². The smallest absolute Gasteiger partial charge is 0.427 e. The van der Waals surface area contributed by atoms with Crippen LogP contribution in [0.25, 0.3) is 22.1 Å². The normalized spacial score (nSPS) is 11.7. The number of rotatable bonds is 4. The van der Waals surface area contributed by atoms with Gasteiger partial charge in [-0.1, -0.05) is 17.3 Å². The van der Waals surface area contributed by atoms with E-state index in [0.717, 1.165) is 16.5 Å². The Labute approximate surface area is 160 Å². The number of nitrogens with zero attached hydrogens (tertiary/aromatic N) is 6. The highest BCUT2D eigenvalue weighted by atomic mass is 16.5. The van der Waals surface area contributed by atoms with E-state index < -0.39 is 6.09 Å². The van der Waals surface area contributed by atoms with Gasteiger partial charge in [0.25, 0.3) is 0 Å². The number of hydrogen-bond acceptors (Lipinski definition) is 7. The lowest BCUT2D eigenvalue weighted by atomic mass is 10.1. The van der Waals surface area contributed by atoms with E-state index in [9.17, 15) is 4.79 Å². The van der Waals surface area contributed by atoms with Gasteiger partial charge in [-0.05, 0) is 42.8 Å². The number of aromatic nitrogens is 5. The molecular weight excluding hydrogens is 358 g/mol. The summed E-state index contributed by atoms with van der Waals surface area (Å²) in [7, 11) is 1.28. The van der Waals surface area contributed by atoms with Crippen molar-refractivity contribution in [1.29, 1.82) is 0 Å². The van der Waals surface area contributed by atoms with Gasteiger partial charge in [0.2, 0.25) is 0 Å². The van der Waals surface area contributed by atoms with Gasteiger partial charge < -0.3 is 4.74 Å². The number of amides is 1. The summed E-state index contributed by atoms with van der Waals surface area (Å²) < 4.78 is 6.24. The molecule has 0 radical (unpaired) electrons. The number of fused-ring (bicyclic) bond motifs is 2. The summed E-state index contributed by atoms with van der Waals surface area (Å²) in [4.78, 5) is 20.1. The maximum atomic E-state index is 11.2. The van der Waals surface area contributed by atoms with E-state index in [2.05, 4.69) is 41.6 Å². The van der Waals surface area contributed by atoms with Crippen LogP contribution in [0.4, 0.5) is 4.79 Å². The average Bonchev–Trinajstić information content (AvgIpc) is 3.13. The van der Waals surface area contributed by atoms with Crippen LogP contribution in [-0.4, -0.2) is 43.9 Å². The predicted octanol–water partition coefficient (Wildman–Crippen LogP) is 2.50. The second-order valence-corrected chi connectivity index (χ2v) is 6.12. The molecule has 0 atom stereocenters. The first-order valence-corrected chi connectivity index (χ1v) is 8.56. The second-order valence-electron chi connectivity index (χ2n) is 6.12. The zero-order valence-corrected chi connectivity index (χ0v) is 15.3. The molecule has 3 aromatic heterocycles. The third-order valence-corrected chi connectivity index (χ3v) is 4.23. The van der Waals surface area contributed by atoms with Crippen LogP contribution in [0, 0.1) is 0 Å². The first kappa shape index (κ1) is 17.5. The predicted molar refractivity (Wildman–Crippen MR) is 104 cm³/mol. The molecule has 1 aromatic carbocycles. The molecule has 3 heterocycles. The Bertz CT molecular complexity index is 1200. The highest BCUT2D eigenvalue weighted by Crippen LogP contribution is 2.16. The minimum absolute atomic E-state index is 0.522. The Kier molecular flexibility index (Phi) is 4.63. The van der Waals surface area contributed by atoms with E-state index in [-0.39, 0.29) is 0 Å². The molecule has 28 heavy (non-hydrogen) atoms. The van der Waals surface area contributed by atoms with Crippen molar-refractivity contribution in [3.63, 3.8) is 0 Å². The molecular formula is C19H17N7O2. The minimum atomic E-state index is -0.641. The van der Waals surface area contributed by atoms with Crippen molar-refractivity contribution in [3.05, 3.63) is 59.9 Å². The van der Waals surface area contributed by atoms with Gasteiger partial charge in [0.05, 0.1) is 30.6 Å². The van der Waals surface area contributed by atoms with Crippen molar-refractivity contribution in [3.8, 4) is 0 Å². The summed E-state index contributed by atoms with van der Waals surface area (Å²) in [5.41, 5.74) is 6.76. The van der Waals surface area contributed by atoms with E-state index in [1.165, 1.54) is 7.11 Å². The largest absolute Gasteiger partial charge is 0.452 e. The van der Waals surface area contributed by atoms with Crippen LogP contribution >= 0.6 is 0 Å². The molecule has 4 aromatic rings. The number of hydrogen-bond donors (Lipinski definition) is 1. The summed E-state index contributed by atoms with van der Waals surface area (Å²) >= 11 is 0. The summed E-state index contributed by atoms with van der Waals surface area (Å²) in [5.74, 6) is 0. The van der Waals surface area contributed by atoms with Crippen molar-refractivity contribution in [2.24, 2.45) is 5.10 Å². The molecule has 0 unspecified atom stereocenters. The summed E-state index contributed by atoms with van der Waals surface area (Å²) in [6.45, 7) is 2.27. The lowest BCUT2D eigenvalue weighted by Gasteiger charge is -2.05. The zero-order chi connectivity index (χ0) is 19.5. The molecule has 9 nitrogen and oxygen atoms in total. The Morgan fingerprint density at radius 1 is 1.21 bits per heavy atom. The van der Waals surface area contributed by atoms with Crippen molar-refractivity contribution in [2.75, 3.05) is 7.11 Å². The lowest BCUT2D eigenvalue weighted by Crippen LogP contribution is -2.19. The molecule has 0 aliphatic heterocycles. The third-order valence-electron chi connectivity index (χ3n) is 4.23. The Morgan fingerprint density at radius 3 is 2.93 bits per heavy atom. The van der Waals surface area contributed by atoms with Crippen molar-refractivity contribution >= 4 is 33.9 Å². The molecule has 0 bridgehead atoms. The third kappa shape index (κ3) is 3.50. The first-order chi connectivity index (χ1) is 13.6. The summed E-state index contributed by atoms with van der Waals surface area (Å²) in [6.07, 6.45) is 1.13. The van der Waals surface area contributed by atoms with Gasteiger partial charge in [-0.2, -0.15) is 5.10 Å². The number of hydrazone groups is 1. The van der Waals surface area contributed by atoms with Crippen molar-refractivity contribution in [1.82, 2.24) is 30.4 Å². The lowest BCUT2D eigenvalue weighted by molar-refractivity contribution is 0.171. The van der Waals surface area contributed by atoms with E-state index in [0.29, 0.717) is 29.1 Å². The van der Waals surface area contributed by atoms with Crippen LogP contribution in [0.3, 0.4) is 0 Å². The number of pyridine rings is 2. The maximum Gasteiger partial charge on any atom is 0.427 e. The van der Waals surface area contributed by atoms with Crippen molar-refractivity contribution in [2.45, 2.75) is 13.5 Å². The highest BCUT2D eigenvalue weighted by molar-refractivity contribution is 5.98. The quantitative estimate of drug-likeness (QED) is 0.434. The van der Waals surface area contributed by atoms with E-state index >= 15 is 0 Å². The fraction of sp³-hybridized carbons (Fsp3) is 0.158. The first-order valence-electron chi connectivity index (χ1n) is 8.56. The average molecular weight is 375 g/mol. The van der Waals surface area contributed by atoms with Gasteiger partial charge in [0, 0.05) is 11.6 Å². The van der Waals surface area contributed by atoms with Crippen LogP contribution < -0.4 is 5.43 Å². The molecule has 1 N–H and O–H groups in total. The molecule has 4 rings (SSSR count). The maximum absolute atomic E-state index is 11.2. The van der Waals surface area contributed by atoms with Gasteiger partial charge in [0.15, 0.2) is 5.65 Å². The Hall–Kier alpha value is -3.88. The van der Waals surface area contributed by atoms with Gasteiger partial charge in [-0.15, -0.1) is 5.10 Å². The molecule has 140 valence electrons. The van der Waals surface area contributed by atoms with Gasteiger partial charge in [-0.3, -0.25) is 4.98 Å². The minimum Gasteiger partial charge on any atom is -0.452 e.